The third-order valence-corrected chi connectivity index (χ3v) is 3.03. The fraction of sp³-hybridized carbons (Fsp3) is 0.500. The van der Waals surface area contributed by atoms with Gasteiger partial charge in [0.1, 0.15) is 0 Å². The van der Waals surface area contributed by atoms with E-state index < -0.39 is 0 Å². The van der Waals surface area contributed by atoms with Crippen molar-refractivity contribution >= 4 is 10.9 Å². The maximum absolute atomic E-state index is 5.61. The molecule has 3 nitrogen and oxygen atoms in total. The van der Waals surface area contributed by atoms with Crippen LogP contribution in [0.4, 0.5) is 0 Å². The summed E-state index contributed by atoms with van der Waals surface area (Å²) in [4.78, 5) is 0. The number of nitrogens with zero attached hydrogens (tertiary/aromatic N) is 2. The number of rotatable bonds is 4. The molecule has 92 valence electrons. The third-order valence-electron chi connectivity index (χ3n) is 3.03. The van der Waals surface area contributed by atoms with Crippen LogP contribution in [0.5, 0.6) is 0 Å². The summed E-state index contributed by atoms with van der Waals surface area (Å²) in [5.74, 6) is 0.631. The molecule has 17 heavy (non-hydrogen) atoms. The molecule has 2 rings (SSSR count). The standard InChI is InChI=1S/C14H21N3/c1-10(2)8-13-12-9-11(6-7-15)4-5-14(12)17(3)16-13/h4-5,9-10H,6-8,15H2,1-3H3. The van der Waals surface area contributed by atoms with Gasteiger partial charge in [-0.15, -0.1) is 0 Å². The topological polar surface area (TPSA) is 43.8 Å². The SMILES string of the molecule is CC(C)Cc1nn(C)c2ccc(CCN)cc12. The first-order chi connectivity index (χ1) is 8.11. The summed E-state index contributed by atoms with van der Waals surface area (Å²) >= 11 is 0. The monoisotopic (exact) mass is 231 g/mol. The van der Waals surface area contributed by atoms with Crippen LogP contribution in [0.3, 0.4) is 0 Å². The van der Waals surface area contributed by atoms with E-state index in [1.165, 1.54) is 22.2 Å². The number of hydrogen-bond acceptors (Lipinski definition) is 2. The Kier molecular flexibility index (Phi) is 3.48. The molecular weight excluding hydrogens is 210 g/mol. The van der Waals surface area contributed by atoms with Crippen LogP contribution in [0.25, 0.3) is 10.9 Å². The Labute approximate surface area is 103 Å². The molecule has 1 aromatic heterocycles. The smallest absolute Gasteiger partial charge is 0.0705 e. The van der Waals surface area contributed by atoms with Gasteiger partial charge < -0.3 is 5.73 Å². The van der Waals surface area contributed by atoms with Gasteiger partial charge in [0.2, 0.25) is 0 Å². The molecule has 2 N–H and O–H groups in total. The molecule has 1 heterocycles. The lowest BCUT2D eigenvalue weighted by molar-refractivity contribution is 0.624. The van der Waals surface area contributed by atoms with Gasteiger partial charge in [-0.2, -0.15) is 5.10 Å². The van der Waals surface area contributed by atoms with Gasteiger partial charge in [0.25, 0.3) is 0 Å². The maximum atomic E-state index is 5.61. The average Bonchev–Trinajstić information content (AvgIpc) is 2.55. The Balaban J connectivity index is 2.48. The van der Waals surface area contributed by atoms with E-state index in [0.717, 1.165) is 12.8 Å². The average molecular weight is 231 g/mol. The Morgan fingerprint density at radius 1 is 1.35 bits per heavy atom. The fourth-order valence-corrected chi connectivity index (χ4v) is 2.24. The van der Waals surface area contributed by atoms with Gasteiger partial charge in [0.15, 0.2) is 0 Å². The number of hydrogen-bond donors (Lipinski definition) is 1. The quantitative estimate of drug-likeness (QED) is 0.877. The minimum Gasteiger partial charge on any atom is -0.330 e. The minimum absolute atomic E-state index is 0.631. The number of nitrogens with two attached hydrogens (primary N) is 1. The molecule has 0 fully saturated rings. The molecule has 0 aliphatic heterocycles. The van der Waals surface area contributed by atoms with Crippen molar-refractivity contribution in [1.82, 2.24) is 9.78 Å². The first kappa shape index (κ1) is 12.1. The summed E-state index contributed by atoms with van der Waals surface area (Å²) in [5, 5.41) is 5.90. The molecule has 1 aromatic carbocycles. The second kappa shape index (κ2) is 4.88. The van der Waals surface area contributed by atoms with Crippen molar-refractivity contribution < 1.29 is 0 Å². The molecule has 0 spiro atoms. The van der Waals surface area contributed by atoms with Gasteiger partial charge in [-0.3, -0.25) is 4.68 Å². The van der Waals surface area contributed by atoms with E-state index in [1.54, 1.807) is 0 Å². The largest absolute Gasteiger partial charge is 0.330 e. The van der Waals surface area contributed by atoms with Gasteiger partial charge >= 0.3 is 0 Å². The van der Waals surface area contributed by atoms with Crippen LogP contribution in [0, 0.1) is 5.92 Å². The predicted octanol–water partition coefficient (Wildman–Crippen LogP) is 2.27. The number of aromatic nitrogens is 2. The summed E-state index contributed by atoms with van der Waals surface area (Å²) in [7, 11) is 2.01. The first-order valence-corrected chi connectivity index (χ1v) is 6.26. The summed E-state index contributed by atoms with van der Waals surface area (Å²) in [6.07, 6.45) is 1.97. The zero-order valence-corrected chi connectivity index (χ0v) is 10.9. The molecule has 0 radical (unpaired) electrons. The van der Waals surface area contributed by atoms with Crippen LogP contribution in [-0.2, 0) is 19.9 Å². The Bertz CT molecular complexity index is 511. The van der Waals surface area contributed by atoms with Crippen molar-refractivity contribution in [3.05, 3.63) is 29.5 Å². The van der Waals surface area contributed by atoms with Gasteiger partial charge in [0.05, 0.1) is 11.2 Å². The summed E-state index contributed by atoms with van der Waals surface area (Å²) in [5.41, 5.74) is 9.33. The van der Waals surface area contributed by atoms with Gasteiger partial charge in [-0.25, -0.2) is 0 Å². The van der Waals surface area contributed by atoms with Crippen LogP contribution < -0.4 is 5.73 Å². The number of aryl methyl sites for hydroxylation is 1. The van der Waals surface area contributed by atoms with Crippen molar-refractivity contribution in [3.8, 4) is 0 Å². The Hall–Kier alpha value is -1.35. The molecular formula is C14H21N3. The van der Waals surface area contributed by atoms with Gasteiger partial charge in [0, 0.05) is 12.4 Å². The van der Waals surface area contributed by atoms with Crippen LogP contribution in [0.1, 0.15) is 25.1 Å². The molecule has 0 saturated carbocycles. The minimum atomic E-state index is 0.631. The number of benzene rings is 1. The summed E-state index contributed by atoms with van der Waals surface area (Å²) < 4.78 is 1.97. The second-order valence-electron chi connectivity index (χ2n) is 5.06. The molecule has 2 aromatic rings. The highest BCUT2D eigenvalue weighted by molar-refractivity contribution is 5.82. The number of fused-ring (bicyclic) bond motifs is 1. The summed E-state index contributed by atoms with van der Waals surface area (Å²) in [6.45, 7) is 5.15. The lowest BCUT2D eigenvalue weighted by Crippen LogP contribution is -2.02. The first-order valence-electron chi connectivity index (χ1n) is 6.26. The molecule has 0 saturated heterocycles. The van der Waals surface area contributed by atoms with E-state index in [9.17, 15) is 0 Å². The normalized spacial score (nSPS) is 11.6. The Morgan fingerprint density at radius 2 is 2.12 bits per heavy atom. The van der Waals surface area contributed by atoms with Crippen molar-refractivity contribution in [3.63, 3.8) is 0 Å². The zero-order valence-electron chi connectivity index (χ0n) is 10.9. The van der Waals surface area contributed by atoms with Crippen molar-refractivity contribution in [2.45, 2.75) is 26.7 Å². The van der Waals surface area contributed by atoms with Crippen LogP contribution >= 0.6 is 0 Å². The van der Waals surface area contributed by atoms with E-state index >= 15 is 0 Å². The fourth-order valence-electron chi connectivity index (χ4n) is 2.24. The third kappa shape index (κ3) is 2.50. The molecule has 0 aliphatic rings. The second-order valence-corrected chi connectivity index (χ2v) is 5.06. The van der Waals surface area contributed by atoms with E-state index in [4.69, 9.17) is 5.73 Å². The van der Waals surface area contributed by atoms with E-state index in [1.807, 2.05) is 11.7 Å². The van der Waals surface area contributed by atoms with Crippen LogP contribution in [0.15, 0.2) is 18.2 Å². The molecule has 0 aliphatic carbocycles. The molecule has 3 heteroatoms. The van der Waals surface area contributed by atoms with Crippen molar-refractivity contribution in [2.75, 3.05) is 6.54 Å². The molecule has 0 unspecified atom stereocenters. The van der Waals surface area contributed by atoms with Crippen molar-refractivity contribution in [2.24, 2.45) is 18.7 Å². The van der Waals surface area contributed by atoms with E-state index in [0.29, 0.717) is 12.5 Å². The molecule has 0 amide bonds. The van der Waals surface area contributed by atoms with Gasteiger partial charge in [-0.1, -0.05) is 19.9 Å². The molecule has 0 atom stereocenters. The predicted molar refractivity (Wildman–Crippen MR) is 72.0 cm³/mol. The van der Waals surface area contributed by atoms with E-state index in [-0.39, 0.29) is 0 Å². The van der Waals surface area contributed by atoms with Crippen LogP contribution in [-0.4, -0.2) is 16.3 Å². The zero-order chi connectivity index (χ0) is 12.4. The van der Waals surface area contributed by atoms with Crippen LogP contribution in [0.2, 0.25) is 0 Å². The lowest BCUT2D eigenvalue weighted by Gasteiger charge is -2.02. The summed E-state index contributed by atoms with van der Waals surface area (Å²) in [6, 6.07) is 6.54. The van der Waals surface area contributed by atoms with Crippen molar-refractivity contribution in [1.29, 1.82) is 0 Å². The molecule has 0 bridgehead atoms. The highest BCUT2D eigenvalue weighted by atomic mass is 15.3. The Morgan fingerprint density at radius 3 is 2.76 bits per heavy atom. The maximum Gasteiger partial charge on any atom is 0.0705 e. The van der Waals surface area contributed by atoms with E-state index in [2.05, 4.69) is 37.1 Å². The lowest BCUT2D eigenvalue weighted by atomic mass is 10.0. The van der Waals surface area contributed by atoms with Gasteiger partial charge in [-0.05, 0) is 43.0 Å². The highest BCUT2D eigenvalue weighted by Crippen LogP contribution is 2.22. The highest BCUT2D eigenvalue weighted by Gasteiger charge is 2.10.